The van der Waals surface area contributed by atoms with Gasteiger partial charge in [-0.05, 0) is 49.6 Å². The number of nitriles is 1. The van der Waals surface area contributed by atoms with E-state index in [0.717, 1.165) is 46.2 Å². The third-order valence-electron chi connectivity index (χ3n) is 5.17. The van der Waals surface area contributed by atoms with Crippen LogP contribution in [0.25, 0.3) is 23.0 Å². The number of aromatic nitrogens is 2. The van der Waals surface area contributed by atoms with Gasteiger partial charge in [-0.1, -0.05) is 46.3 Å². The lowest BCUT2D eigenvalue weighted by atomic mass is 10.0. The molecular weight excluding hydrogens is 440 g/mol. The first-order valence-electron chi connectivity index (χ1n) is 9.98. The summed E-state index contributed by atoms with van der Waals surface area (Å²) in [5.74, 6) is -0.202. The number of halogens is 1. The van der Waals surface area contributed by atoms with Gasteiger partial charge in [0.25, 0.3) is 5.91 Å². The summed E-state index contributed by atoms with van der Waals surface area (Å²) >= 11 is 3.46. The Morgan fingerprint density at radius 1 is 1.03 bits per heavy atom. The lowest BCUT2D eigenvalue weighted by molar-refractivity contribution is -0.127. The Bertz CT molecular complexity index is 1100. The largest absolute Gasteiger partial charge is 0.338 e. The minimum Gasteiger partial charge on any atom is -0.338 e. The van der Waals surface area contributed by atoms with Gasteiger partial charge in [-0.15, -0.1) is 0 Å². The van der Waals surface area contributed by atoms with E-state index in [9.17, 15) is 10.1 Å². The predicted molar refractivity (Wildman–Crippen MR) is 121 cm³/mol. The molecule has 6 heteroatoms. The van der Waals surface area contributed by atoms with Gasteiger partial charge in [-0.3, -0.25) is 4.79 Å². The van der Waals surface area contributed by atoms with E-state index in [4.69, 9.17) is 5.10 Å². The van der Waals surface area contributed by atoms with Crippen molar-refractivity contribution in [3.8, 4) is 23.0 Å². The van der Waals surface area contributed by atoms with Gasteiger partial charge >= 0.3 is 0 Å². The summed E-state index contributed by atoms with van der Waals surface area (Å²) in [4.78, 5) is 14.7. The number of hydrogen-bond donors (Lipinski definition) is 0. The van der Waals surface area contributed by atoms with Gasteiger partial charge in [-0.25, -0.2) is 4.68 Å². The van der Waals surface area contributed by atoms with E-state index in [0.29, 0.717) is 13.1 Å². The number of likely N-dealkylation sites (tertiary alicyclic amines) is 1. The first kappa shape index (κ1) is 20.1. The van der Waals surface area contributed by atoms with Crippen LogP contribution in [0.4, 0.5) is 0 Å². The molecule has 0 atom stereocenters. The number of benzene rings is 2. The summed E-state index contributed by atoms with van der Waals surface area (Å²) in [5, 5.41) is 14.5. The molecule has 1 aliphatic heterocycles. The molecule has 0 spiro atoms. The molecular formula is C24H21BrN4O. The molecule has 1 aliphatic rings. The summed E-state index contributed by atoms with van der Waals surface area (Å²) in [6, 6.07) is 19.7. The highest BCUT2D eigenvalue weighted by Crippen LogP contribution is 2.27. The Labute approximate surface area is 184 Å². The van der Waals surface area contributed by atoms with Crippen molar-refractivity contribution in [3.63, 3.8) is 0 Å². The Morgan fingerprint density at radius 3 is 2.40 bits per heavy atom. The Morgan fingerprint density at radius 2 is 1.73 bits per heavy atom. The molecule has 4 rings (SSSR count). The molecule has 0 bridgehead atoms. The van der Waals surface area contributed by atoms with Crippen molar-refractivity contribution in [2.24, 2.45) is 0 Å². The van der Waals surface area contributed by atoms with Crippen LogP contribution in [0.15, 0.2) is 70.8 Å². The van der Waals surface area contributed by atoms with Gasteiger partial charge < -0.3 is 4.90 Å². The second kappa shape index (κ2) is 9.10. The summed E-state index contributed by atoms with van der Waals surface area (Å²) in [5.41, 5.74) is 3.44. The Hall–Kier alpha value is -3.17. The van der Waals surface area contributed by atoms with Gasteiger partial charge in [0.2, 0.25) is 0 Å². The summed E-state index contributed by atoms with van der Waals surface area (Å²) in [6.07, 6.45) is 6.64. The molecule has 1 amide bonds. The van der Waals surface area contributed by atoms with Crippen molar-refractivity contribution < 1.29 is 4.79 Å². The fraction of sp³-hybridized carbons (Fsp3) is 0.208. The van der Waals surface area contributed by atoms with Gasteiger partial charge in [-0.2, -0.15) is 10.4 Å². The highest BCUT2D eigenvalue weighted by atomic mass is 79.9. The van der Waals surface area contributed by atoms with E-state index in [1.807, 2.05) is 60.8 Å². The van der Waals surface area contributed by atoms with Crippen molar-refractivity contribution in [2.75, 3.05) is 13.1 Å². The molecule has 2 aromatic carbocycles. The van der Waals surface area contributed by atoms with Gasteiger partial charge in [0.1, 0.15) is 11.6 Å². The maximum absolute atomic E-state index is 12.9. The third-order valence-corrected chi connectivity index (χ3v) is 5.70. The second-order valence-corrected chi connectivity index (χ2v) is 8.16. The molecule has 0 N–H and O–H groups in total. The van der Waals surface area contributed by atoms with Gasteiger partial charge in [0.05, 0.1) is 11.4 Å². The fourth-order valence-corrected chi connectivity index (χ4v) is 3.87. The molecule has 30 heavy (non-hydrogen) atoms. The maximum Gasteiger partial charge on any atom is 0.264 e. The lowest BCUT2D eigenvalue weighted by Crippen LogP contribution is -2.36. The molecule has 0 radical (unpaired) electrons. The third kappa shape index (κ3) is 4.37. The van der Waals surface area contributed by atoms with Crippen molar-refractivity contribution in [1.29, 1.82) is 5.26 Å². The summed E-state index contributed by atoms with van der Waals surface area (Å²) in [7, 11) is 0. The molecule has 0 unspecified atom stereocenters. The van der Waals surface area contributed by atoms with Crippen LogP contribution in [0, 0.1) is 11.3 Å². The number of rotatable bonds is 4. The predicted octanol–water partition coefficient (Wildman–Crippen LogP) is 5.22. The zero-order chi connectivity index (χ0) is 20.9. The van der Waals surface area contributed by atoms with Crippen LogP contribution in [0.5, 0.6) is 0 Å². The molecule has 0 saturated carbocycles. The first-order chi connectivity index (χ1) is 14.7. The molecule has 3 aromatic rings. The molecule has 1 saturated heterocycles. The van der Waals surface area contributed by atoms with Crippen LogP contribution in [0.3, 0.4) is 0 Å². The monoisotopic (exact) mass is 460 g/mol. The van der Waals surface area contributed by atoms with Gasteiger partial charge in [0.15, 0.2) is 0 Å². The fourth-order valence-electron chi connectivity index (χ4n) is 3.60. The van der Waals surface area contributed by atoms with Crippen LogP contribution in [0.2, 0.25) is 0 Å². The molecule has 150 valence electrons. The zero-order valence-electron chi connectivity index (χ0n) is 16.5. The molecule has 0 aliphatic carbocycles. The van der Waals surface area contributed by atoms with Crippen LogP contribution >= 0.6 is 15.9 Å². The summed E-state index contributed by atoms with van der Waals surface area (Å²) in [6.45, 7) is 1.42. The smallest absolute Gasteiger partial charge is 0.264 e. The van der Waals surface area contributed by atoms with E-state index < -0.39 is 0 Å². The van der Waals surface area contributed by atoms with E-state index >= 15 is 0 Å². The Kier molecular flexibility index (Phi) is 6.10. The topological polar surface area (TPSA) is 61.9 Å². The van der Waals surface area contributed by atoms with Crippen molar-refractivity contribution in [1.82, 2.24) is 14.7 Å². The highest BCUT2D eigenvalue weighted by molar-refractivity contribution is 9.10. The molecule has 5 nitrogen and oxygen atoms in total. The van der Waals surface area contributed by atoms with E-state index in [-0.39, 0.29) is 11.5 Å². The van der Waals surface area contributed by atoms with Crippen LogP contribution in [0.1, 0.15) is 24.8 Å². The number of hydrogen-bond acceptors (Lipinski definition) is 3. The number of piperidine rings is 1. The number of carbonyl (C=O) groups excluding carboxylic acids is 1. The minimum atomic E-state index is -0.202. The van der Waals surface area contributed by atoms with Crippen molar-refractivity contribution in [2.45, 2.75) is 19.3 Å². The van der Waals surface area contributed by atoms with E-state index in [2.05, 4.69) is 22.0 Å². The minimum absolute atomic E-state index is 0.142. The van der Waals surface area contributed by atoms with Crippen molar-refractivity contribution >= 4 is 27.9 Å². The lowest BCUT2D eigenvalue weighted by Gasteiger charge is -2.26. The number of para-hydroxylation sites is 1. The normalized spacial score (nSPS) is 14.4. The first-order valence-corrected chi connectivity index (χ1v) is 10.8. The number of amides is 1. The number of carbonyl (C=O) groups is 1. The van der Waals surface area contributed by atoms with Crippen molar-refractivity contribution in [3.05, 3.63) is 76.4 Å². The molecule has 2 heterocycles. The zero-order valence-corrected chi connectivity index (χ0v) is 18.0. The molecule has 1 aromatic heterocycles. The highest BCUT2D eigenvalue weighted by Gasteiger charge is 2.21. The van der Waals surface area contributed by atoms with Gasteiger partial charge in [0, 0.05) is 34.9 Å². The van der Waals surface area contributed by atoms with Crippen LogP contribution in [-0.2, 0) is 4.79 Å². The molecule has 1 fully saturated rings. The van der Waals surface area contributed by atoms with E-state index in [1.54, 1.807) is 15.7 Å². The Balaban J connectivity index is 1.77. The summed E-state index contributed by atoms with van der Waals surface area (Å²) < 4.78 is 2.76. The van der Waals surface area contributed by atoms with Crippen LogP contribution in [-0.4, -0.2) is 33.7 Å². The van der Waals surface area contributed by atoms with E-state index in [1.165, 1.54) is 0 Å². The average molecular weight is 461 g/mol. The standard InChI is InChI=1S/C24H21BrN4O/c25-21-11-9-18(10-12-21)23-20(17-29(27-23)22-7-3-1-4-8-22)15-19(16-26)24(30)28-13-5-2-6-14-28/h1,3-4,7-12,15,17H,2,5-6,13-14H2/b19-15+. The maximum atomic E-state index is 12.9. The number of nitrogens with zero attached hydrogens (tertiary/aromatic N) is 4. The average Bonchev–Trinajstić information content (AvgIpc) is 3.22. The van der Waals surface area contributed by atoms with Crippen LogP contribution < -0.4 is 0 Å². The second-order valence-electron chi connectivity index (χ2n) is 7.24. The SMILES string of the molecule is N#C/C(=C\c1cn(-c2ccccc2)nc1-c1ccc(Br)cc1)C(=O)N1CCCCC1. The quantitative estimate of drug-likeness (QED) is 0.395.